The van der Waals surface area contributed by atoms with Crippen LogP contribution in [0.25, 0.3) is 0 Å². The van der Waals surface area contributed by atoms with Crippen molar-refractivity contribution in [2.24, 2.45) is 5.73 Å². The molecule has 1 fully saturated rings. The Bertz CT molecular complexity index is 528. The second-order valence-corrected chi connectivity index (χ2v) is 7.18. The minimum absolute atomic E-state index is 0.279. The van der Waals surface area contributed by atoms with Crippen molar-refractivity contribution in [3.8, 4) is 0 Å². The first-order valence-corrected chi connectivity index (χ1v) is 7.45. The first-order valence-electron chi connectivity index (χ1n) is 7.45. The van der Waals surface area contributed by atoms with E-state index in [1.54, 1.807) is 4.90 Å². The molecule has 1 aromatic carbocycles. The first kappa shape index (κ1) is 15.8. The quantitative estimate of drug-likeness (QED) is 0.864. The molecule has 1 aliphatic rings. The van der Waals surface area contributed by atoms with E-state index in [0.29, 0.717) is 13.1 Å². The van der Waals surface area contributed by atoms with Crippen molar-refractivity contribution < 1.29 is 9.53 Å². The lowest BCUT2D eigenvalue weighted by Gasteiger charge is -2.28. The molecule has 0 radical (unpaired) electrons. The largest absolute Gasteiger partial charge is 0.444 e. The lowest BCUT2D eigenvalue weighted by Crippen LogP contribution is -2.42. The maximum absolute atomic E-state index is 12.2. The van der Waals surface area contributed by atoms with Gasteiger partial charge in [-0.15, -0.1) is 0 Å². The molecular weight excluding hydrogens is 264 g/mol. The molecule has 0 saturated carbocycles. The zero-order valence-electron chi connectivity index (χ0n) is 13.7. The van der Waals surface area contributed by atoms with Gasteiger partial charge in [0, 0.05) is 13.1 Å². The molecular formula is C17H26N2O2. The Labute approximate surface area is 127 Å². The van der Waals surface area contributed by atoms with Crippen LogP contribution in [0.5, 0.6) is 0 Å². The summed E-state index contributed by atoms with van der Waals surface area (Å²) in [5.74, 6) is 0. The Morgan fingerprint density at radius 1 is 1.24 bits per heavy atom. The van der Waals surface area contributed by atoms with Crippen LogP contribution in [0.2, 0.25) is 0 Å². The second-order valence-electron chi connectivity index (χ2n) is 7.18. The average molecular weight is 290 g/mol. The van der Waals surface area contributed by atoms with Crippen LogP contribution in [0.15, 0.2) is 18.2 Å². The van der Waals surface area contributed by atoms with E-state index in [1.165, 1.54) is 11.1 Å². The van der Waals surface area contributed by atoms with Gasteiger partial charge >= 0.3 is 6.09 Å². The number of nitrogens with two attached hydrogens (primary N) is 1. The summed E-state index contributed by atoms with van der Waals surface area (Å²) in [7, 11) is 0. The van der Waals surface area contributed by atoms with Gasteiger partial charge in [-0.2, -0.15) is 0 Å². The number of ether oxygens (including phenoxy) is 1. The summed E-state index contributed by atoms with van der Waals surface area (Å²) < 4.78 is 5.43. The maximum atomic E-state index is 12.2. The number of nitrogens with zero attached hydrogens (tertiary/aromatic N) is 1. The van der Waals surface area contributed by atoms with Crippen molar-refractivity contribution in [1.82, 2.24) is 4.90 Å². The Morgan fingerprint density at radius 3 is 2.33 bits per heavy atom. The van der Waals surface area contributed by atoms with E-state index in [2.05, 4.69) is 32.0 Å². The molecule has 0 spiro atoms. The number of amides is 1. The van der Waals surface area contributed by atoms with Gasteiger partial charge in [0.05, 0.1) is 5.54 Å². The summed E-state index contributed by atoms with van der Waals surface area (Å²) in [6.07, 6.45) is 0.481. The van der Waals surface area contributed by atoms with Gasteiger partial charge in [-0.25, -0.2) is 4.79 Å². The minimum atomic E-state index is -0.478. The molecule has 2 rings (SSSR count). The minimum Gasteiger partial charge on any atom is -0.444 e. The highest BCUT2D eigenvalue weighted by Crippen LogP contribution is 2.31. The van der Waals surface area contributed by atoms with Gasteiger partial charge in [-0.05, 0) is 46.6 Å². The molecule has 1 saturated heterocycles. The van der Waals surface area contributed by atoms with E-state index < -0.39 is 11.1 Å². The number of hydrogen-bond acceptors (Lipinski definition) is 3. The van der Waals surface area contributed by atoms with Gasteiger partial charge in [0.2, 0.25) is 0 Å². The molecule has 1 amide bonds. The number of hydrogen-bond donors (Lipinski definition) is 1. The van der Waals surface area contributed by atoms with Crippen LogP contribution >= 0.6 is 0 Å². The molecule has 4 nitrogen and oxygen atoms in total. The van der Waals surface area contributed by atoms with Crippen molar-refractivity contribution in [1.29, 1.82) is 0 Å². The van der Waals surface area contributed by atoms with Crippen LogP contribution in [0.3, 0.4) is 0 Å². The summed E-state index contributed by atoms with van der Waals surface area (Å²) in [5.41, 5.74) is 9.11. The van der Waals surface area contributed by atoms with Crippen LogP contribution in [0.4, 0.5) is 4.79 Å². The summed E-state index contributed by atoms with van der Waals surface area (Å²) in [4.78, 5) is 13.9. The van der Waals surface area contributed by atoms with Crippen LogP contribution in [0, 0.1) is 13.8 Å². The van der Waals surface area contributed by atoms with E-state index in [1.807, 2.05) is 20.8 Å². The third-order valence-corrected chi connectivity index (χ3v) is 3.75. The fourth-order valence-corrected chi connectivity index (χ4v) is 2.81. The van der Waals surface area contributed by atoms with Crippen LogP contribution in [0.1, 0.15) is 43.9 Å². The number of aryl methyl sites for hydroxylation is 2. The van der Waals surface area contributed by atoms with Gasteiger partial charge in [0.1, 0.15) is 5.60 Å². The molecule has 1 unspecified atom stereocenters. The molecule has 1 atom stereocenters. The van der Waals surface area contributed by atoms with Crippen molar-refractivity contribution in [3.05, 3.63) is 34.9 Å². The predicted molar refractivity (Wildman–Crippen MR) is 84.2 cm³/mol. The third-order valence-electron chi connectivity index (χ3n) is 3.75. The number of rotatable bonds is 1. The van der Waals surface area contributed by atoms with Crippen molar-refractivity contribution in [2.75, 3.05) is 13.1 Å². The van der Waals surface area contributed by atoms with E-state index in [0.717, 1.165) is 12.0 Å². The molecule has 4 heteroatoms. The van der Waals surface area contributed by atoms with E-state index in [9.17, 15) is 4.79 Å². The molecule has 1 aromatic rings. The molecule has 21 heavy (non-hydrogen) atoms. The third kappa shape index (κ3) is 3.76. The Balaban J connectivity index is 2.15. The summed E-state index contributed by atoms with van der Waals surface area (Å²) >= 11 is 0. The van der Waals surface area contributed by atoms with E-state index in [-0.39, 0.29) is 6.09 Å². The smallest absolute Gasteiger partial charge is 0.410 e. The molecule has 0 bridgehead atoms. The highest BCUT2D eigenvalue weighted by Gasteiger charge is 2.39. The summed E-state index contributed by atoms with van der Waals surface area (Å²) in [6.45, 7) is 10.9. The van der Waals surface area contributed by atoms with Crippen molar-refractivity contribution in [2.45, 2.75) is 52.2 Å². The Morgan fingerprint density at radius 2 is 1.81 bits per heavy atom. The van der Waals surface area contributed by atoms with E-state index in [4.69, 9.17) is 10.5 Å². The first-order chi connectivity index (χ1) is 9.59. The summed E-state index contributed by atoms with van der Waals surface area (Å²) in [5, 5.41) is 0. The lowest BCUT2D eigenvalue weighted by atomic mass is 9.88. The number of benzene rings is 1. The monoisotopic (exact) mass is 290 g/mol. The fraction of sp³-hybridized carbons (Fsp3) is 0.588. The van der Waals surface area contributed by atoms with Gasteiger partial charge in [-0.3, -0.25) is 0 Å². The van der Waals surface area contributed by atoms with Gasteiger partial charge in [0.25, 0.3) is 0 Å². The normalized spacial score (nSPS) is 22.5. The van der Waals surface area contributed by atoms with Gasteiger partial charge in [-0.1, -0.05) is 29.3 Å². The topological polar surface area (TPSA) is 55.6 Å². The van der Waals surface area contributed by atoms with Crippen LogP contribution in [-0.4, -0.2) is 29.7 Å². The average Bonchev–Trinajstić information content (AvgIpc) is 2.70. The Kier molecular flexibility index (Phi) is 4.02. The van der Waals surface area contributed by atoms with Crippen LogP contribution < -0.4 is 5.73 Å². The maximum Gasteiger partial charge on any atom is 0.410 e. The molecule has 2 N–H and O–H groups in total. The number of carbonyl (C=O) groups is 1. The zero-order chi connectivity index (χ0) is 15.8. The number of likely N-dealkylation sites (tertiary alicyclic amines) is 1. The Hall–Kier alpha value is -1.55. The van der Waals surface area contributed by atoms with Gasteiger partial charge in [0.15, 0.2) is 0 Å². The number of carbonyl (C=O) groups excluding carboxylic acids is 1. The van der Waals surface area contributed by atoms with Crippen molar-refractivity contribution in [3.63, 3.8) is 0 Å². The van der Waals surface area contributed by atoms with Crippen molar-refractivity contribution >= 4 is 6.09 Å². The van der Waals surface area contributed by atoms with E-state index >= 15 is 0 Å². The lowest BCUT2D eigenvalue weighted by molar-refractivity contribution is 0.0284. The SMILES string of the molecule is Cc1cc(C)cc(C2(N)CCN(C(=O)OC(C)(C)C)C2)c1. The van der Waals surface area contributed by atoms with Crippen LogP contribution in [-0.2, 0) is 10.3 Å². The molecule has 1 heterocycles. The standard InChI is InChI=1S/C17H26N2O2/c1-12-8-13(2)10-14(9-12)17(18)6-7-19(11-17)15(20)21-16(3,4)5/h8-10H,6-7,11,18H2,1-5H3. The summed E-state index contributed by atoms with van der Waals surface area (Å²) in [6, 6.07) is 6.37. The fourth-order valence-electron chi connectivity index (χ4n) is 2.81. The highest BCUT2D eigenvalue weighted by molar-refractivity contribution is 5.69. The zero-order valence-corrected chi connectivity index (χ0v) is 13.7. The molecule has 116 valence electrons. The highest BCUT2D eigenvalue weighted by atomic mass is 16.6. The molecule has 0 aromatic heterocycles. The molecule has 1 aliphatic heterocycles. The molecule has 0 aliphatic carbocycles. The second kappa shape index (κ2) is 5.34. The van der Waals surface area contributed by atoms with Gasteiger partial charge < -0.3 is 15.4 Å². The predicted octanol–water partition coefficient (Wildman–Crippen LogP) is 3.10.